The summed E-state index contributed by atoms with van der Waals surface area (Å²) < 4.78 is 0. The number of nitrogens with two attached hydrogens (primary N) is 1. The molecule has 0 unspecified atom stereocenters. The maximum atomic E-state index is 8.48. The summed E-state index contributed by atoms with van der Waals surface area (Å²) in [7, 11) is 0. The third-order valence-corrected chi connectivity index (χ3v) is 5.12. The second-order valence-corrected chi connectivity index (χ2v) is 6.45. The SMILES string of the molecule is NC(CCCCN1CCC2(CCCCC2)CC1)=NO. The molecule has 2 aliphatic rings. The Labute approximate surface area is 117 Å². The summed E-state index contributed by atoms with van der Waals surface area (Å²) in [6, 6.07) is 0. The highest BCUT2D eigenvalue weighted by Gasteiger charge is 2.35. The molecule has 0 radical (unpaired) electrons. The van der Waals surface area contributed by atoms with Crippen molar-refractivity contribution in [2.45, 2.75) is 64.2 Å². The van der Waals surface area contributed by atoms with Crippen molar-refractivity contribution in [1.82, 2.24) is 4.90 Å². The Bertz CT molecular complexity index is 288. The van der Waals surface area contributed by atoms with E-state index in [9.17, 15) is 0 Å². The van der Waals surface area contributed by atoms with E-state index in [1.165, 1.54) is 64.6 Å². The monoisotopic (exact) mass is 267 g/mol. The first-order chi connectivity index (χ1) is 9.24. The summed E-state index contributed by atoms with van der Waals surface area (Å²) in [6.45, 7) is 3.74. The van der Waals surface area contributed by atoms with Crippen LogP contribution in [0.15, 0.2) is 5.16 Å². The number of rotatable bonds is 5. The lowest BCUT2D eigenvalue weighted by atomic mass is 9.68. The van der Waals surface area contributed by atoms with Crippen LogP contribution in [0.5, 0.6) is 0 Å². The Morgan fingerprint density at radius 3 is 2.37 bits per heavy atom. The minimum atomic E-state index is 0.361. The van der Waals surface area contributed by atoms with Gasteiger partial charge < -0.3 is 15.8 Å². The molecule has 0 atom stereocenters. The number of amidine groups is 1. The summed E-state index contributed by atoms with van der Waals surface area (Å²) >= 11 is 0. The van der Waals surface area contributed by atoms with Crippen LogP contribution in [-0.2, 0) is 0 Å². The molecule has 1 heterocycles. The minimum absolute atomic E-state index is 0.361. The third-order valence-electron chi connectivity index (χ3n) is 5.12. The van der Waals surface area contributed by atoms with E-state index in [0.29, 0.717) is 17.7 Å². The van der Waals surface area contributed by atoms with Crippen molar-refractivity contribution >= 4 is 5.84 Å². The smallest absolute Gasteiger partial charge is 0.139 e. The van der Waals surface area contributed by atoms with Gasteiger partial charge in [0.25, 0.3) is 0 Å². The highest BCUT2D eigenvalue weighted by molar-refractivity contribution is 5.79. The van der Waals surface area contributed by atoms with E-state index < -0.39 is 0 Å². The topological polar surface area (TPSA) is 61.8 Å². The zero-order chi connectivity index (χ0) is 13.6. The quantitative estimate of drug-likeness (QED) is 0.265. The van der Waals surface area contributed by atoms with Gasteiger partial charge in [0.2, 0.25) is 0 Å². The van der Waals surface area contributed by atoms with Gasteiger partial charge in [0.15, 0.2) is 0 Å². The molecule has 1 aliphatic heterocycles. The summed E-state index contributed by atoms with van der Waals surface area (Å²) in [6.07, 6.45) is 13.0. The first kappa shape index (κ1) is 14.6. The normalized spacial score (nSPS) is 24.7. The van der Waals surface area contributed by atoms with Gasteiger partial charge in [-0.25, -0.2) is 0 Å². The van der Waals surface area contributed by atoms with E-state index in [4.69, 9.17) is 10.9 Å². The number of hydrogen-bond donors (Lipinski definition) is 2. The maximum absolute atomic E-state index is 8.48. The number of unbranched alkanes of at least 4 members (excludes halogenated alkanes) is 1. The van der Waals surface area contributed by atoms with E-state index in [-0.39, 0.29) is 0 Å². The van der Waals surface area contributed by atoms with Crippen molar-refractivity contribution in [3.8, 4) is 0 Å². The van der Waals surface area contributed by atoms with Crippen LogP contribution in [-0.4, -0.2) is 35.6 Å². The van der Waals surface area contributed by atoms with Crippen LogP contribution in [0, 0.1) is 5.41 Å². The minimum Gasteiger partial charge on any atom is -0.409 e. The van der Waals surface area contributed by atoms with E-state index >= 15 is 0 Å². The van der Waals surface area contributed by atoms with Crippen molar-refractivity contribution in [1.29, 1.82) is 0 Å². The van der Waals surface area contributed by atoms with Crippen LogP contribution >= 0.6 is 0 Å². The third kappa shape index (κ3) is 4.37. The van der Waals surface area contributed by atoms with Crippen molar-refractivity contribution in [2.24, 2.45) is 16.3 Å². The lowest BCUT2D eigenvalue weighted by Gasteiger charge is -2.44. The van der Waals surface area contributed by atoms with Crippen LogP contribution in [0.3, 0.4) is 0 Å². The average Bonchev–Trinajstić information content (AvgIpc) is 2.46. The van der Waals surface area contributed by atoms with Crippen LogP contribution in [0.4, 0.5) is 0 Å². The Hall–Kier alpha value is -0.770. The standard InChI is InChI=1S/C15H29N3O/c16-14(17-19)6-2-5-11-18-12-9-15(10-13-18)7-3-1-4-8-15/h19H,1-13H2,(H2,16,17). The number of piperidine rings is 1. The van der Waals surface area contributed by atoms with Gasteiger partial charge in [-0.3, -0.25) is 0 Å². The fourth-order valence-corrected chi connectivity index (χ4v) is 3.74. The fraction of sp³-hybridized carbons (Fsp3) is 0.933. The average molecular weight is 267 g/mol. The molecule has 3 N–H and O–H groups in total. The van der Waals surface area contributed by atoms with Crippen molar-refractivity contribution in [3.05, 3.63) is 0 Å². The van der Waals surface area contributed by atoms with Gasteiger partial charge in [0.05, 0.1) is 0 Å². The number of nitrogens with zero attached hydrogens (tertiary/aromatic N) is 2. The first-order valence-electron chi connectivity index (χ1n) is 7.93. The molecule has 1 aliphatic carbocycles. The van der Waals surface area contributed by atoms with Gasteiger partial charge in [-0.05, 0) is 63.6 Å². The van der Waals surface area contributed by atoms with Crippen LogP contribution in [0.1, 0.15) is 64.2 Å². The van der Waals surface area contributed by atoms with Crippen molar-refractivity contribution < 1.29 is 5.21 Å². The summed E-state index contributed by atoms with van der Waals surface area (Å²) in [5.74, 6) is 0.361. The lowest BCUT2D eigenvalue weighted by molar-refractivity contribution is 0.0671. The first-order valence-corrected chi connectivity index (χ1v) is 7.93. The molecule has 0 aromatic heterocycles. The second-order valence-electron chi connectivity index (χ2n) is 6.45. The molecule has 19 heavy (non-hydrogen) atoms. The Morgan fingerprint density at radius 1 is 1.05 bits per heavy atom. The predicted molar refractivity (Wildman–Crippen MR) is 78.5 cm³/mol. The van der Waals surface area contributed by atoms with E-state index in [1.807, 2.05) is 0 Å². The van der Waals surface area contributed by atoms with Gasteiger partial charge in [0.1, 0.15) is 5.84 Å². The molecule has 1 spiro atoms. The van der Waals surface area contributed by atoms with Crippen molar-refractivity contribution in [3.63, 3.8) is 0 Å². The number of oxime groups is 1. The number of hydrogen-bond acceptors (Lipinski definition) is 3. The van der Waals surface area contributed by atoms with E-state index in [0.717, 1.165) is 12.8 Å². The zero-order valence-corrected chi connectivity index (χ0v) is 12.1. The number of likely N-dealkylation sites (tertiary alicyclic amines) is 1. The molecule has 1 saturated heterocycles. The molecule has 1 saturated carbocycles. The molecule has 110 valence electrons. The molecular weight excluding hydrogens is 238 g/mol. The molecule has 0 aromatic carbocycles. The molecule has 0 aromatic rings. The highest BCUT2D eigenvalue weighted by Crippen LogP contribution is 2.44. The van der Waals surface area contributed by atoms with Crippen LogP contribution < -0.4 is 5.73 Å². The molecular formula is C15H29N3O. The maximum Gasteiger partial charge on any atom is 0.139 e. The zero-order valence-electron chi connectivity index (χ0n) is 12.1. The molecule has 4 heteroatoms. The van der Waals surface area contributed by atoms with E-state index in [1.54, 1.807) is 0 Å². The van der Waals surface area contributed by atoms with Gasteiger partial charge in [-0.2, -0.15) is 0 Å². The Balaban J connectivity index is 1.61. The Morgan fingerprint density at radius 2 is 1.74 bits per heavy atom. The molecule has 2 rings (SSSR count). The Kier molecular flexibility index (Phi) is 5.49. The summed E-state index contributed by atoms with van der Waals surface area (Å²) in [4.78, 5) is 2.60. The lowest BCUT2D eigenvalue weighted by Crippen LogP contribution is -2.41. The molecule has 0 bridgehead atoms. The molecule has 0 amide bonds. The molecule has 2 fully saturated rings. The van der Waals surface area contributed by atoms with Crippen LogP contribution in [0.2, 0.25) is 0 Å². The second kappa shape index (κ2) is 7.13. The van der Waals surface area contributed by atoms with Crippen molar-refractivity contribution in [2.75, 3.05) is 19.6 Å². The molecule has 4 nitrogen and oxygen atoms in total. The largest absolute Gasteiger partial charge is 0.409 e. The fourth-order valence-electron chi connectivity index (χ4n) is 3.74. The van der Waals surface area contributed by atoms with Gasteiger partial charge in [-0.15, -0.1) is 0 Å². The van der Waals surface area contributed by atoms with Gasteiger partial charge in [-0.1, -0.05) is 24.4 Å². The summed E-state index contributed by atoms with van der Waals surface area (Å²) in [5.41, 5.74) is 6.18. The van der Waals surface area contributed by atoms with Gasteiger partial charge >= 0.3 is 0 Å². The van der Waals surface area contributed by atoms with Crippen LogP contribution in [0.25, 0.3) is 0 Å². The van der Waals surface area contributed by atoms with Gasteiger partial charge in [0, 0.05) is 6.42 Å². The summed E-state index contributed by atoms with van der Waals surface area (Å²) in [5, 5.41) is 11.5. The van der Waals surface area contributed by atoms with E-state index in [2.05, 4.69) is 10.1 Å². The predicted octanol–water partition coefficient (Wildman–Crippen LogP) is 2.95. The highest BCUT2D eigenvalue weighted by atomic mass is 16.4.